The number of hydrogen-bond acceptors (Lipinski definition) is 3. The van der Waals surface area contributed by atoms with Crippen molar-refractivity contribution in [3.8, 4) is 0 Å². The summed E-state index contributed by atoms with van der Waals surface area (Å²) in [6.45, 7) is 4.84. The van der Waals surface area contributed by atoms with Crippen LogP contribution in [-0.4, -0.2) is 36.7 Å². The Morgan fingerprint density at radius 2 is 2.21 bits per heavy atom. The smallest absolute Gasteiger partial charge is 0.410 e. The van der Waals surface area contributed by atoms with E-state index in [1.54, 1.807) is 4.90 Å². The fourth-order valence-corrected chi connectivity index (χ4v) is 2.34. The lowest BCUT2D eigenvalue weighted by molar-refractivity contribution is 0.0842. The number of nitrogens with zero attached hydrogens (tertiary/aromatic N) is 1. The molecule has 1 fully saturated rings. The Hall–Kier alpha value is -1.55. The zero-order valence-corrected chi connectivity index (χ0v) is 11.5. The van der Waals surface area contributed by atoms with Crippen LogP contribution in [0.25, 0.3) is 0 Å². The van der Waals surface area contributed by atoms with Crippen molar-refractivity contribution >= 4 is 6.09 Å². The number of amides is 1. The molecule has 1 atom stereocenters. The highest BCUT2D eigenvalue weighted by molar-refractivity contribution is 5.67. The molecule has 19 heavy (non-hydrogen) atoms. The summed E-state index contributed by atoms with van der Waals surface area (Å²) in [4.78, 5) is 13.8. The molecule has 1 amide bonds. The van der Waals surface area contributed by atoms with Crippen molar-refractivity contribution in [2.75, 3.05) is 19.6 Å². The summed E-state index contributed by atoms with van der Waals surface area (Å²) in [5, 5.41) is 3.43. The van der Waals surface area contributed by atoms with Gasteiger partial charge in [0, 0.05) is 25.7 Å². The van der Waals surface area contributed by atoms with Gasteiger partial charge in [-0.3, -0.25) is 0 Å². The third kappa shape index (κ3) is 4.24. The zero-order chi connectivity index (χ0) is 13.5. The molecule has 0 radical (unpaired) electrons. The van der Waals surface area contributed by atoms with Crippen molar-refractivity contribution in [1.82, 2.24) is 10.2 Å². The van der Waals surface area contributed by atoms with Crippen LogP contribution in [0, 0.1) is 0 Å². The van der Waals surface area contributed by atoms with Crippen molar-refractivity contribution in [3.63, 3.8) is 0 Å². The van der Waals surface area contributed by atoms with Crippen LogP contribution in [-0.2, 0) is 11.3 Å². The molecule has 0 aromatic heterocycles. The van der Waals surface area contributed by atoms with E-state index in [1.807, 2.05) is 30.3 Å². The lowest BCUT2D eigenvalue weighted by atomic mass is 10.1. The second-order valence-corrected chi connectivity index (χ2v) is 4.93. The first kappa shape index (κ1) is 13.9. The minimum absolute atomic E-state index is 0.202. The van der Waals surface area contributed by atoms with Gasteiger partial charge in [0.05, 0.1) is 0 Å². The summed E-state index contributed by atoms with van der Waals surface area (Å²) in [5.74, 6) is 0. The molecule has 2 rings (SSSR count). The van der Waals surface area contributed by atoms with Crippen molar-refractivity contribution in [2.24, 2.45) is 0 Å². The number of piperazine rings is 1. The van der Waals surface area contributed by atoms with E-state index in [9.17, 15) is 4.79 Å². The van der Waals surface area contributed by atoms with E-state index >= 15 is 0 Å². The molecule has 1 saturated heterocycles. The maximum absolute atomic E-state index is 12.0. The zero-order valence-electron chi connectivity index (χ0n) is 11.5. The van der Waals surface area contributed by atoms with Crippen LogP contribution in [0.5, 0.6) is 0 Å². The molecule has 0 bridgehead atoms. The van der Waals surface area contributed by atoms with Gasteiger partial charge in [-0.05, 0) is 12.0 Å². The Balaban J connectivity index is 1.79. The molecule has 1 heterocycles. The van der Waals surface area contributed by atoms with E-state index in [0.717, 1.165) is 38.0 Å². The Morgan fingerprint density at radius 3 is 2.95 bits per heavy atom. The Labute approximate surface area is 114 Å². The monoisotopic (exact) mass is 262 g/mol. The average Bonchev–Trinajstić information content (AvgIpc) is 2.46. The van der Waals surface area contributed by atoms with Crippen molar-refractivity contribution in [3.05, 3.63) is 35.9 Å². The minimum Gasteiger partial charge on any atom is -0.445 e. The minimum atomic E-state index is -0.202. The summed E-state index contributed by atoms with van der Waals surface area (Å²) in [5.41, 5.74) is 1.02. The summed E-state index contributed by atoms with van der Waals surface area (Å²) < 4.78 is 5.35. The van der Waals surface area contributed by atoms with E-state index in [1.165, 1.54) is 0 Å². The third-order valence-electron chi connectivity index (χ3n) is 3.36. The topological polar surface area (TPSA) is 41.6 Å². The normalized spacial score (nSPS) is 19.2. The van der Waals surface area contributed by atoms with Crippen molar-refractivity contribution in [1.29, 1.82) is 0 Å². The molecule has 1 aromatic carbocycles. The molecule has 0 saturated carbocycles. The predicted octanol–water partition coefficient (Wildman–Crippen LogP) is 2.40. The van der Waals surface area contributed by atoms with Crippen LogP contribution in [0.4, 0.5) is 4.79 Å². The van der Waals surface area contributed by atoms with E-state index in [-0.39, 0.29) is 6.09 Å². The van der Waals surface area contributed by atoms with Gasteiger partial charge in [-0.15, -0.1) is 0 Å². The first-order valence-corrected chi connectivity index (χ1v) is 6.98. The molecule has 104 valence electrons. The molecule has 1 aromatic rings. The first-order chi connectivity index (χ1) is 9.29. The Morgan fingerprint density at radius 1 is 1.42 bits per heavy atom. The predicted molar refractivity (Wildman–Crippen MR) is 74.9 cm³/mol. The van der Waals surface area contributed by atoms with Crippen LogP contribution in [0.2, 0.25) is 0 Å². The van der Waals surface area contributed by atoms with Gasteiger partial charge in [-0.2, -0.15) is 0 Å². The number of carbonyl (C=O) groups is 1. The van der Waals surface area contributed by atoms with Crippen molar-refractivity contribution in [2.45, 2.75) is 32.4 Å². The number of carbonyl (C=O) groups excluding carboxylic acids is 1. The average molecular weight is 262 g/mol. The van der Waals surface area contributed by atoms with E-state index in [0.29, 0.717) is 12.6 Å². The second-order valence-electron chi connectivity index (χ2n) is 4.93. The fourth-order valence-electron chi connectivity index (χ4n) is 2.34. The first-order valence-electron chi connectivity index (χ1n) is 6.98. The summed E-state index contributed by atoms with van der Waals surface area (Å²) in [7, 11) is 0. The lowest BCUT2D eigenvalue weighted by Gasteiger charge is -2.32. The molecule has 1 aliphatic rings. The largest absolute Gasteiger partial charge is 0.445 e. The lowest BCUT2D eigenvalue weighted by Crippen LogP contribution is -2.52. The molecular formula is C15H22N2O2. The summed E-state index contributed by atoms with van der Waals surface area (Å²) in [6, 6.07) is 10.2. The SMILES string of the molecule is CCCC1CN(C(=O)OCc2ccccc2)CCN1. The van der Waals surface area contributed by atoms with Gasteiger partial charge in [0.2, 0.25) is 0 Å². The highest BCUT2D eigenvalue weighted by Gasteiger charge is 2.23. The second kappa shape index (κ2) is 7.14. The number of nitrogens with one attached hydrogen (secondary N) is 1. The van der Waals surface area contributed by atoms with Crippen LogP contribution < -0.4 is 5.32 Å². The van der Waals surface area contributed by atoms with Gasteiger partial charge in [0.1, 0.15) is 6.61 Å². The fraction of sp³-hybridized carbons (Fsp3) is 0.533. The van der Waals surface area contributed by atoms with Crippen LogP contribution in [0.3, 0.4) is 0 Å². The molecule has 4 nitrogen and oxygen atoms in total. The molecule has 0 spiro atoms. The van der Waals surface area contributed by atoms with Gasteiger partial charge in [0.15, 0.2) is 0 Å². The van der Waals surface area contributed by atoms with Crippen molar-refractivity contribution < 1.29 is 9.53 Å². The third-order valence-corrected chi connectivity index (χ3v) is 3.36. The highest BCUT2D eigenvalue weighted by Crippen LogP contribution is 2.08. The number of ether oxygens (including phenoxy) is 1. The van der Waals surface area contributed by atoms with E-state index in [4.69, 9.17) is 4.74 Å². The Kier molecular flexibility index (Phi) is 5.21. The van der Waals surface area contributed by atoms with E-state index in [2.05, 4.69) is 12.2 Å². The number of hydrogen-bond donors (Lipinski definition) is 1. The van der Waals surface area contributed by atoms with Crippen LogP contribution in [0.15, 0.2) is 30.3 Å². The van der Waals surface area contributed by atoms with Gasteiger partial charge < -0.3 is 15.0 Å². The Bertz CT molecular complexity index is 392. The summed E-state index contributed by atoms with van der Waals surface area (Å²) in [6.07, 6.45) is 2.03. The van der Waals surface area contributed by atoms with Gasteiger partial charge >= 0.3 is 6.09 Å². The maximum Gasteiger partial charge on any atom is 0.410 e. The molecule has 1 N–H and O–H groups in total. The summed E-state index contributed by atoms with van der Waals surface area (Å²) >= 11 is 0. The van der Waals surface area contributed by atoms with Crippen LogP contribution >= 0.6 is 0 Å². The van der Waals surface area contributed by atoms with E-state index < -0.39 is 0 Å². The van der Waals surface area contributed by atoms with Gasteiger partial charge in [0.25, 0.3) is 0 Å². The standard InChI is InChI=1S/C15H22N2O2/c1-2-6-14-11-17(10-9-16-14)15(18)19-12-13-7-4-3-5-8-13/h3-5,7-8,14,16H,2,6,9-12H2,1H3. The molecular weight excluding hydrogens is 240 g/mol. The van der Waals surface area contributed by atoms with Crippen LogP contribution in [0.1, 0.15) is 25.3 Å². The molecule has 1 unspecified atom stereocenters. The maximum atomic E-state index is 12.0. The molecule has 4 heteroatoms. The number of benzene rings is 1. The quantitative estimate of drug-likeness (QED) is 0.906. The van der Waals surface area contributed by atoms with Gasteiger partial charge in [-0.1, -0.05) is 43.7 Å². The highest BCUT2D eigenvalue weighted by atomic mass is 16.6. The molecule has 0 aliphatic carbocycles. The molecule has 1 aliphatic heterocycles. The van der Waals surface area contributed by atoms with Gasteiger partial charge in [-0.25, -0.2) is 4.79 Å². The number of rotatable bonds is 4.